The van der Waals surface area contributed by atoms with Crippen LogP contribution < -0.4 is 9.80 Å². The van der Waals surface area contributed by atoms with Crippen LogP contribution in [0.2, 0.25) is 0 Å². The Morgan fingerprint density at radius 2 is 0.778 bits per heavy atom. The van der Waals surface area contributed by atoms with E-state index in [-0.39, 0.29) is 0 Å². The molecule has 9 aromatic rings. The van der Waals surface area contributed by atoms with Gasteiger partial charge in [0.05, 0.1) is 11.4 Å². The van der Waals surface area contributed by atoms with E-state index in [9.17, 15) is 0 Å². The van der Waals surface area contributed by atoms with Gasteiger partial charge in [-0.15, -0.1) is 0 Å². The second kappa shape index (κ2) is 13.4. The Bertz CT molecular complexity index is 2730. The summed E-state index contributed by atoms with van der Waals surface area (Å²) in [4.78, 5) is 4.72. The Hall–Kier alpha value is -7.16. The van der Waals surface area contributed by atoms with E-state index < -0.39 is 0 Å². The molecule has 0 unspecified atom stereocenters. The van der Waals surface area contributed by atoms with E-state index in [4.69, 9.17) is 0 Å². The predicted octanol–water partition coefficient (Wildman–Crippen LogP) is 14.8. The summed E-state index contributed by atoms with van der Waals surface area (Å²) in [5.41, 5.74) is 16.6. The van der Waals surface area contributed by atoms with Gasteiger partial charge in [0.2, 0.25) is 0 Å². The van der Waals surface area contributed by atoms with Crippen LogP contribution in [-0.2, 0) is 0 Å². The highest BCUT2D eigenvalue weighted by Gasteiger charge is 2.26. The van der Waals surface area contributed by atoms with Crippen molar-refractivity contribution in [3.05, 3.63) is 218 Å². The number of anilines is 6. The maximum absolute atomic E-state index is 2.41. The molecule has 0 bridgehead atoms. The number of fused-ring (bicyclic) bond motifs is 2. The first-order chi connectivity index (χ1) is 26.8. The van der Waals surface area contributed by atoms with E-state index in [1.807, 2.05) is 0 Å². The van der Waals surface area contributed by atoms with Gasteiger partial charge in [-0.1, -0.05) is 146 Å². The van der Waals surface area contributed by atoms with Gasteiger partial charge in [-0.2, -0.15) is 0 Å². The molecule has 0 fully saturated rings. The second-order valence-electron chi connectivity index (χ2n) is 13.8. The number of para-hydroxylation sites is 2. The number of rotatable bonds is 7. The van der Waals surface area contributed by atoms with Gasteiger partial charge in [0.15, 0.2) is 0 Å². The SMILES string of the molecule is c1ccc(-c2ccc(N(c3ccccc3)c3ccc(-c4cccc(-c5ccc6c(c5)-c5cccc7cccc(c57)N6c5ccccc5)c4)cc3)cc2)cc1. The number of benzene rings is 9. The monoisotopic (exact) mass is 688 g/mol. The number of hydrogen-bond donors (Lipinski definition) is 0. The van der Waals surface area contributed by atoms with Crippen LogP contribution >= 0.6 is 0 Å². The molecule has 2 nitrogen and oxygen atoms in total. The highest BCUT2D eigenvalue weighted by Crippen LogP contribution is 2.51. The van der Waals surface area contributed by atoms with E-state index in [0.717, 1.165) is 22.7 Å². The standard InChI is InChI=1S/C52H36N2/c1-4-13-37(14-5-1)38-25-30-46(31-26-38)53(44-19-6-2-7-20-44)47-32-27-39(28-33-47)41-17-10-18-42(35-41)43-29-34-50-49(36-43)48-23-11-15-40-16-12-24-51(52(40)48)54(50)45-21-8-3-9-22-45/h1-36H. The van der Waals surface area contributed by atoms with Crippen LogP contribution in [0.5, 0.6) is 0 Å². The fourth-order valence-electron chi connectivity index (χ4n) is 7.98. The lowest BCUT2D eigenvalue weighted by Gasteiger charge is -2.33. The molecule has 0 saturated carbocycles. The van der Waals surface area contributed by atoms with Gasteiger partial charge in [-0.05, 0) is 117 Å². The molecule has 0 N–H and O–H groups in total. The van der Waals surface area contributed by atoms with Crippen LogP contribution in [0.3, 0.4) is 0 Å². The van der Waals surface area contributed by atoms with Crippen LogP contribution in [0.1, 0.15) is 0 Å². The van der Waals surface area contributed by atoms with Gasteiger partial charge >= 0.3 is 0 Å². The summed E-state index contributed by atoms with van der Waals surface area (Å²) in [6.45, 7) is 0. The van der Waals surface area contributed by atoms with Crippen molar-refractivity contribution in [3.8, 4) is 44.5 Å². The molecule has 0 amide bonds. The highest BCUT2D eigenvalue weighted by molar-refractivity contribution is 6.14. The highest BCUT2D eigenvalue weighted by atomic mass is 15.2. The molecule has 1 aliphatic rings. The zero-order valence-electron chi connectivity index (χ0n) is 29.7. The number of hydrogen-bond acceptors (Lipinski definition) is 2. The van der Waals surface area contributed by atoms with Crippen molar-refractivity contribution < 1.29 is 0 Å². The van der Waals surface area contributed by atoms with Gasteiger partial charge < -0.3 is 9.80 Å². The van der Waals surface area contributed by atoms with Crippen LogP contribution in [-0.4, -0.2) is 0 Å². The van der Waals surface area contributed by atoms with Gasteiger partial charge in [0, 0.05) is 33.7 Å². The summed E-state index contributed by atoms with van der Waals surface area (Å²) in [7, 11) is 0. The Balaban J connectivity index is 1.00. The van der Waals surface area contributed by atoms with E-state index in [2.05, 4.69) is 228 Å². The summed E-state index contributed by atoms with van der Waals surface area (Å²) in [5, 5.41) is 2.54. The van der Waals surface area contributed by atoms with Gasteiger partial charge in [0.25, 0.3) is 0 Å². The molecule has 0 atom stereocenters. The molecular formula is C52H36N2. The molecule has 9 aromatic carbocycles. The van der Waals surface area contributed by atoms with Crippen LogP contribution in [0, 0.1) is 0 Å². The second-order valence-corrected chi connectivity index (χ2v) is 13.8. The topological polar surface area (TPSA) is 6.48 Å². The fourth-order valence-corrected chi connectivity index (χ4v) is 7.98. The maximum atomic E-state index is 2.41. The lowest BCUT2D eigenvalue weighted by Crippen LogP contribution is -2.15. The van der Waals surface area contributed by atoms with E-state index in [0.29, 0.717) is 0 Å². The van der Waals surface area contributed by atoms with Gasteiger partial charge in [-0.3, -0.25) is 0 Å². The van der Waals surface area contributed by atoms with Crippen molar-refractivity contribution in [2.45, 2.75) is 0 Å². The summed E-state index contributed by atoms with van der Waals surface area (Å²) in [5.74, 6) is 0. The minimum absolute atomic E-state index is 1.11. The quantitative estimate of drug-likeness (QED) is 0.164. The fraction of sp³-hybridized carbons (Fsp3) is 0. The first kappa shape index (κ1) is 31.6. The van der Waals surface area contributed by atoms with Crippen LogP contribution in [0.25, 0.3) is 55.3 Å². The summed E-state index contributed by atoms with van der Waals surface area (Å²) in [6, 6.07) is 78.8. The molecular weight excluding hydrogens is 653 g/mol. The molecule has 0 saturated heterocycles. The summed E-state index contributed by atoms with van der Waals surface area (Å²) < 4.78 is 0. The minimum Gasteiger partial charge on any atom is -0.311 e. The van der Waals surface area contributed by atoms with Crippen LogP contribution in [0.15, 0.2) is 218 Å². The van der Waals surface area contributed by atoms with E-state index in [1.165, 1.54) is 66.7 Å². The molecule has 0 aromatic heterocycles. The first-order valence-electron chi connectivity index (χ1n) is 18.5. The predicted molar refractivity (Wildman–Crippen MR) is 229 cm³/mol. The lowest BCUT2D eigenvalue weighted by molar-refractivity contribution is 1.28. The van der Waals surface area contributed by atoms with Crippen molar-refractivity contribution in [1.82, 2.24) is 0 Å². The van der Waals surface area contributed by atoms with Crippen LogP contribution in [0.4, 0.5) is 34.1 Å². The molecule has 2 heteroatoms. The van der Waals surface area contributed by atoms with Gasteiger partial charge in [-0.25, -0.2) is 0 Å². The van der Waals surface area contributed by atoms with Crippen molar-refractivity contribution in [3.63, 3.8) is 0 Å². The third-order valence-corrected chi connectivity index (χ3v) is 10.6. The zero-order chi connectivity index (χ0) is 35.8. The summed E-state index contributed by atoms with van der Waals surface area (Å²) >= 11 is 0. The maximum Gasteiger partial charge on any atom is 0.0546 e. The average Bonchev–Trinajstić information content (AvgIpc) is 3.25. The van der Waals surface area contributed by atoms with Crippen molar-refractivity contribution in [1.29, 1.82) is 0 Å². The zero-order valence-corrected chi connectivity index (χ0v) is 29.7. The number of nitrogens with zero attached hydrogens (tertiary/aromatic N) is 2. The van der Waals surface area contributed by atoms with Crippen molar-refractivity contribution >= 4 is 44.9 Å². The normalized spacial score (nSPS) is 11.7. The third-order valence-electron chi connectivity index (χ3n) is 10.6. The molecule has 0 aliphatic carbocycles. The lowest BCUT2D eigenvalue weighted by atomic mass is 9.88. The Morgan fingerprint density at radius 1 is 0.296 bits per heavy atom. The minimum atomic E-state index is 1.11. The smallest absolute Gasteiger partial charge is 0.0546 e. The molecule has 54 heavy (non-hydrogen) atoms. The molecule has 10 rings (SSSR count). The Kier molecular flexibility index (Phi) is 7.85. The Morgan fingerprint density at radius 3 is 1.46 bits per heavy atom. The molecule has 254 valence electrons. The van der Waals surface area contributed by atoms with E-state index >= 15 is 0 Å². The van der Waals surface area contributed by atoms with Crippen molar-refractivity contribution in [2.24, 2.45) is 0 Å². The molecule has 0 spiro atoms. The van der Waals surface area contributed by atoms with E-state index in [1.54, 1.807) is 0 Å². The third kappa shape index (κ3) is 5.62. The Labute approximate surface area is 316 Å². The molecule has 1 aliphatic heterocycles. The largest absolute Gasteiger partial charge is 0.311 e. The molecule has 1 heterocycles. The average molecular weight is 689 g/mol. The van der Waals surface area contributed by atoms with Gasteiger partial charge in [0.1, 0.15) is 0 Å². The summed E-state index contributed by atoms with van der Waals surface area (Å²) in [6.07, 6.45) is 0. The van der Waals surface area contributed by atoms with Crippen molar-refractivity contribution in [2.75, 3.05) is 9.80 Å². The first-order valence-corrected chi connectivity index (χ1v) is 18.5. The molecule has 0 radical (unpaired) electrons.